The highest BCUT2D eigenvalue weighted by Gasteiger charge is 2.30. The van der Waals surface area contributed by atoms with E-state index >= 15 is 0 Å². The number of nitrogens with one attached hydrogen (secondary N) is 2. The normalized spacial score (nSPS) is 24.5. The van der Waals surface area contributed by atoms with E-state index in [2.05, 4.69) is 15.6 Å². The van der Waals surface area contributed by atoms with Crippen LogP contribution in [0.15, 0.2) is 24.5 Å². The number of aromatic nitrogens is 1. The Morgan fingerprint density at radius 3 is 2.28 bits per heavy atom. The van der Waals surface area contributed by atoms with Gasteiger partial charge in [0, 0.05) is 36.8 Å². The third kappa shape index (κ3) is 5.28. The summed E-state index contributed by atoms with van der Waals surface area (Å²) in [5.74, 6) is 0.441. The van der Waals surface area contributed by atoms with Crippen LogP contribution in [0.2, 0.25) is 0 Å². The van der Waals surface area contributed by atoms with E-state index in [1.807, 2.05) is 12.1 Å². The topological polar surface area (TPSA) is 71.1 Å². The van der Waals surface area contributed by atoms with Crippen LogP contribution < -0.4 is 10.6 Å². The maximum atomic E-state index is 12.4. The lowest BCUT2D eigenvalue weighted by Crippen LogP contribution is -2.42. The number of nitrogens with zero attached hydrogens (tertiary/aromatic N) is 1. The summed E-state index contributed by atoms with van der Waals surface area (Å²) in [4.78, 5) is 28.8. The summed E-state index contributed by atoms with van der Waals surface area (Å²) in [7, 11) is 0. The molecule has 2 N–H and O–H groups in total. The molecular weight excluding hydrogens is 314 g/mol. The molecule has 2 saturated carbocycles. The van der Waals surface area contributed by atoms with Crippen LogP contribution in [0.4, 0.5) is 0 Å². The van der Waals surface area contributed by atoms with Crippen molar-refractivity contribution in [1.29, 1.82) is 0 Å². The van der Waals surface area contributed by atoms with Crippen molar-refractivity contribution in [3.05, 3.63) is 30.1 Å². The van der Waals surface area contributed by atoms with Gasteiger partial charge in [0.05, 0.1) is 0 Å². The van der Waals surface area contributed by atoms with E-state index in [0.29, 0.717) is 12.6 Å². The minimum atomic E-state index is 0.0374. The molecule has 136 valence electrons. The smallest absolute Gasteiger partial charge is 0.223 e. The van der Waals surface area contributed by atoms with Crippen molar-refractivity contribution >= 4 is 11.8 Å². The highest BCUT2D eigenvalue weighted by molar-refractivity contribution is 5.81. The first-order chi connectivity index (χ1) is 12.2. The minimum Gasteiger partial charge on any atom is -0.353 e. The number of hydrogen-bond acceptors (Lipinski definition) is 3. The summed E-state index contributed by atoms with van der Waals surface area (Å²) < 4.78 is 0. The monoisotopic (exact) mass is 343 g/mol. The van der Waals surface area contributed by atoms with Gasteiger partial charge in [0.25, 0.3) is 0 Å². The number of pyridine rings is 1. The molecule has 0 aliphatic heterocycles. The van der Waals surface area contributed by atoms with Crippen molar-refractivity contribution < 1.29 is 9.59 Å². The van der Waals surface area contributed by atoms with Crippen molar-refractivity contribution in [2.45, 2.75) is 70.4 Å². The first kappa shape index (κ1) is 17.9. The number of amides is 2. The Morgan fingerprint density at radius 1 is 0.960 bits per heavy atom. The van der Waals surface area contributed by atoms with Crippen LogP contribution >= 0.6 is 0 Å². The largest absolute Gasteiger partial charge is 0.353 e. The zero-order valence-corrected chi connectivity index (χ0v) is 14.9. The molecule has 2 amide bonds. The van der Waals surface area contributed by atoms with Gasteiger partial charge in [-0.25, -0.2) is 0 Å². The Morgan fingerprint density at radius 2 is 1.64 bits per heavy atom. The molecule has 0 spiro atoms. The zero-order chi connectivity index (χ0) is 17.5. The standard InChI is InChI=1S/C20H29N3O2/c24-19(22-14-15-5-4-12-21-13-15)16-8-10-17(11-9-16)20(25)23-18-6-2-1-3-7-18/h4-5,12-13,16-18H,1-3,6-11,14H2,(H,22,24)(H,23,25). The predicted octanol–water partition coefficient (Wildman–Crippen LogP) is 2.95. The molecule has 0 aromatic carbocycles. The molecule has 2 aliphatic rings. The van der Waals surface area contributed by atoms with Gasteiger partial charge in [0.1, 0.15) is 0 Å². The summed E-state index contributed by atoms with van der Waals surface area (Å²) in [6.07, 6.45) is 12.8. The molecule has 2 aliphatic carbocycles. The maximum absolute atomic E-state index is 12.4. The highest BCUT2D eigenvalue weighted by atomic mass is 16.2. The van der Waals surface area contributed by atoms with Crippen molar-refractivity contribution in [1.82, 2.24) is 15.6 Å². The maximum Gasteiger partial charge on any atom is 0.223 e. The SMILES string of the molecule is O=C(NCc1cccnc1)C1CCC(C(=O)NC2CCCCC2)CC1. The summed E-state index contributed by atoms with van der Waals surface area (Å²) in [6, 6.07) is 4.21. The molecular formula is C20H29N3O2. The second kappa shape index (κ2) is 8.97. The summed E-state index contributed by atoms with van der Waals surface area (Å²) in [6.45, 7) is 0.523. The average molecular weight is 343 g/mol. The Labute approximate surface area is 150 Å². The van der Waals surface area contributed by atoms with Crippen LogP contribution in [0.3, 0.4) is 0 Å². The second-order valence-electron chi connectivity index (χ2n) is 7.47. The van der Waals surface area contributed by atoms with Crippen molar-refractivity contribution in [2.24, 2.45) is 11.8 Å². The molecule has 0 saturated heterocycles. The van der Waals surface area contributed by atoms with Gasteiger partial charge in [-0.1, -0.05) is 25.3 Å². The van der Waals surface area contributed by atoms with E-state index in [9.17, 15) is 9.59 Å². The molecule has 5 nitrogen and oxygen atoms in total. The molecule has 0 atom stereocenters. The van der Waals surface area contributed by atoms with Gasteiger partial charge in [0.15, 0.2) is 0 Å². The number of rotatable bonds is 5. The lowest BCUT2D eigenvalue weighted by Gasteiger charge is -2.29. The van der Waals surface area contributed by atoms with Crippen molar-refractivity contribution in [3.8, 4) is 0 Å². The van der Waals surface area contributed by atoms with E-state index in [-0.39, 0.29) is 23.7 Å². The van der Waals surface area contributed by atoms with Crippen LogP contribution in [-0.4, -0.2) is 22.8 Å². The molecule has 2 fully saturated rings. The molecule has 0 bridgehead atoms. The lowest BCUT2D eigenvalue weighted by atomic mass is 9.81. The van der Waals surface area contributed by atoms with E-state index in [1.165, 1.54) is 19.3 Å². The number of carbonyl (C=O) groups excluding carboxylic acids is 2. The van der Waals surface area contributed by atoms with E-state index in [1.54, 1.807) is 12.4 Å². The summed E-state index contributed by atoms with van der Waals surface area (Å²) in [5, 5.41) is 6.23. The van der Waals surface area contributed by atoms with Crippen molar-refractivity contribution in [3.63, 3.8) is 0 Å². The Kier molecular flexibility index (Phi) is 6.42. The van der Waals surface area contributed by atoms with Gasteiger partial charge in [-0.05, 0) is 50.2 Å². The Balaban J connectivity index is 1.38. The van der Waals surface area contributed by atoms with Crippen LogP contribution in [-0.2, 0) is 16.1 Å². The van der Waals surface area contributed by atoms with Gasteiger partial charge in [-0.15, -0.1) is 0 Å². The van der Waals surface area contributed by atoms with Gasteiger partial charge in [-0.3, -0.25) is 14.6 Å². The number of carbonyl (C=O) groups is 2. The van der Waals surface area contributed by atoms with Gasteiger partial charge >= 0.3 is 0 Å². The van der Waals surface area contributed by atoms with E-state index in [0.717, 1.165) is 44.1 Å². The molecule has 25 heavy (non-hydrogen) atoms. The molecule has 1 heterocycles. The lowest BCUT2D eigenvalue weighted by molar-refractivity contribution is -0.131. The van der Waals surface area contributed by atoms with Crippen LogP contribution in [0.1, 0.15) is 63.4 Å². The third-order valence-corrected chi connectivity index (χ3v) is 5.61. The first-order valence-corrected chi connectivity index (χ1v) is 9.69. The Hall–Kier alpha value is -1.91. The van der Waals surface area contributed by atoms with Gasteiger partial charge in [-0.2, -0.15) is 0 Å². The van der Waals surface area contributed by atoms with Crippen molar-refractivity contribution in [2.75, 3.05) is 0 Å². The quantitative estimate of drug-likeness (QED) is 0.863. The summed E-state index contributed by atoms with van der Waals surface area (Å²) >= 11 is 0. The molecule has 0 radical (unpaired) electrons. The second-order valence-corrected chi connectivity index (χ2v) is 7.47. The van der Waals surface area contributed by atoms with E-state index in [4.69, 9.17) is 0 Å². The zero-order valence-electron chi connectivity index (χ0n) is 14.9. The average Bonchev–Trinajstić information content (AvgIpc) is 2.68. The van der Waals surface area contributed by atoms with Gasteiger partial charge in [0.2, 0.25) is 11.8 Å². The molecule has 5 heteroatoms. The highest BCUT2D eigenvalue weighted by Crippen LogP contribution is 2.29. The van der Waals surface area contributed by atoms with Crippen LogP contribution in [0.5, 0.6) is 0 Å². The van der Waals surface area contributed by atoms with Crippen LogP contribution in [0.25, 0.3) is 0 Å². The van der Waals surface area contributed by atoms with Gasteiger partial charge < -0.3 is 10.6 Å². The fourth-order valence-corrected chi connectivity index (χ4v) is 4.02. The fourth-order valence-electron chi connectivity index (χ4n) is 4.02. The molecule has 1 aromatic rings. The molecule has 0 unspecified atom stereocenters. The minimum absolute atomic E-state index is 0.0374. The molecule has 3 rings (SSSR count). The molecule has 1 aromatic heterocycles. The third-order valence-electron chi connectivity index (χ3n) is 5.61. The fraction of sp³-hybridized carbons (Fsp3) is 0.650. The Bertz CT molecular complexity index is 562. The van der Waals surface area contributed by atoms with E-state index < -0.39 is 0 Å². The predicted molar refractivity (Wildman–Crippen MR) is 96.5 cm³/mol. The van der Waals surface area contributed by atoms with Crippen LogP contribution in [0, 0.1) is 11.8 Å². The number of hydrogen-bond donors (Lipinski definition) is 2. The summed E-state index contributed by atoms with van der Waals surface area (Å²) in [5.41, 5.74) is 1.01. The first-order valence-electron chi connectivity index (χ1n) is 9.69.